The average molecular weight is 314 g/mol. The summed E-state index contributed by atoms with van der Waals surface area (Å²) in [6, 6.07) is 0. The second-order valence-corrected chi connectivity index (χ2v) is 8.23. The predicted octanol–water partition coefficient (Wildman–Crippen LogP) is 4.03. The fourth-order valence-electron chi connectivity index (χ4n) is 1.52. The molecule has 0 amide bonds. The van der Waals surface area contributed by atoms with Gasteiger partial charge in [0.25, 0.3) is 0 Å². The van der Waals surface area contributed by atoms with E-state index in [4.69, 9.17) is 18.1 Å². The van der Waals surface area contributed by atoms with Crippen LogP contribution in [0.5, 0.6) is 0 Å². The molecule has 0 aromatic heterocycles. The second kappa shape index (κ2) is 8.35. The third kappa shape index (κ3) is 5.50. The van der Waals surface area contributed by atoms with Gasteiger partial charge in [-0.1, -0.05) is 5.57 Å². The van der Waals surface area contributed by atoms with Crippen molar-refractivity contribution >= 4 is 15.2 Å². The van der Waals surface area contributed by atoms with Gasteiger partial charge in [0.1, 0.15) is 0 Å². The maximum absolute atomic E-state index is 12.5. The molecule has 6 nitrogen and oxygen atoms in total. The zero-order valence-corrected chi connectivity index (χ0v) is 14.3. The maximum Gasteiger partial charge on any atom is 0.357 e. The molecule has 0 aliphatic rings. The zero-order valence-electron chi connectivity index (χ0n) is 12.5. The fraction of sp³-hybridized carbons (Fsp3) is 0.818. The van der Waals surface area contributed by atoms with Crippen molar-refractivity contribution in [3.05, 3.63) is 10.9 Å². The van der Waals surface area contributed by atoms with Crippen molar-refractivity contribution in [1.29, 1.82) is 0 Å². The van der Waals surface area contributed by atoms with E-state index >= 15 is 0 Å². The summed E-state index contributed by atoms with van der Waals surface area (Å²) < 4.78 is 45.3. The molecule has 0 radical (unpaired) electrons. The molecule has 0 aliphatic carbocycles. The summed E-state index contributed by atoms with van der Waals surface area (Å²) in [4.78, 5) is 0. The highest BCUT2D eigenvalue weighted by Crippen LogP contribution is 2.62. The summed E-state index contributed by atoms with van der Waals surface area (Å²) in [6.07, 6.45) is -0.101. The van der Waals surface area contributed by atoms with Gasteiger partial charge in [-0.25, -0.2) is 0 Å². The minimum atomic E-state index is -3.44. The molecule has 0 spiro atoms. The SMILES string of the molecule is CCOP(=O)(CC(=C(C)C)P(=O)(OC)OC)OCC. The van der Waals surface area contributed by atoms with Crippen LogP contribution in [0.4, 0.5) is 0 Å². The van der Waals surface area contributed by atoms with Crippen LogP contribution in [0.15, 0.2) is 10.9 Å². The molecule has 0 heterocycles. The fourth-order valence-corrected chi connectivity index (χ4v) is 5.60. The maximum atomic E-state index is 12.5. The summed E-state index contributed by atoms with van der Waals surface area (Å²) >= 11 is 0. The molecule has 0 saturated carbocycles. The van der Waals surface area contributed by atoms with Gasteiger partial charge in [0.05, 0.1) is 24.7 Å². The Hall–Kier alpha value is 0.0400. The molecule has 0 bridgehead atoms. The minimum Gasteiger partial charge on any atom is -0.309 e. The highest BCUT2D eigenvalue weighted by atomic mass is 31.2. The minimum absolute atomic E-state index is 0.101. The lowest BCUT2D eigenvalue weighted by molar-refractivity contribution is 0.221. The molecule has 0 aromatic rings. The van der Waals surface area contributed by atoms with Crippen molar-refractivity contribution in [2.45, 2.75) is 27.7 Å². The van der Waals surface area contributed by atoms with Gasteiger partial charge in [-0.15, -0.1) is 0 Å². The van der Waals surface area contributed by atoms with Crippen LogP contribution in [0.3, 0.4) is 0 Å². The van der Waals surface area contributed by atoms with E-state index in [1.807, 2.05) is 0 Å². The van der Waals surface area contributed by atoms with Gasteiger partial charge in [-0.3, -0.25) is 9.13 Å². The molecule has 0 rings (SSSR count). The van der Waals surface area contributed by atoms with Crippen molar-refractivity contribution in [3.8, 4) is 0 Å². The van der Waals surface area contributed by atoms with Crippen LogP contribution in [0.1, 0.15) is 27.7 Å². The first kappa shape index (κ1) is 19.0. The lowest BCUT2D eigenvalue weighted by atomic mass is 10.3. The van der Waals surface area contributed by atoms with Crippen LogP contribution in [0, 0.1) is 0 Å². The van der Waals surface area contributed by atoms with Crippen LogP contribution >= 0.6 is 15.2 Å². The van der Waals surface area contributed by atoms with E-state index in [2.05, 4.69) is 0 Å². The number of rotatable bonds is 9. The largest absolute Gasteiger partial charge is 0.357 e. The van der Waals surface area contributed by atoms with Gasteiger partial charge in [0.15, 0.2) is 0 Å². The molecule has 8 heteroatoms. The predicted molar refractivity (Wildman–Crippen MR) is 75.7 cm³/mol. The molecule has 0 N–H and O–H groups in total. The van der Waals surface area contributed by atoms with E-state index in [1.165, 1.54) is 14.2 Å². The van der Waals surface area contributed by atoms with Crippen LogP contribution < -0.4 is 0 Å². The smallest absolute Gasteiger partial charge is 0.309 e. The Morgan fingerprint density at radius 1 is 0.947 bits per heavy atom. The van der Waals surface area contributed by atoms with Gasteiger partial charge in [0.2, 0.25) is 0 Å². The van der Waals surface area contributed by atoms with Crippen molar-refractivity contribution in [2.24, 2.45) is 0 Å². The molecule has 19 heavy (non-hydrogen) atoms. The average Bonchev–Trinajstić information content (AvgIpc) is 2.35. The first-order chi connectivity index (χ1) is 8.78. The highest BCUT2D eigenvalue weighted by molar-refractivity contribution is 7.61. The molecule has 0 aromatic carbocycles. The molecule has 114 valence electrons. The molecule has 0 saturated heterocycles. The van der Waals surface area contributed by atoms with E-state index in [-0.39, 0.29) is 19.4 Å². The summed E-state index contributed by atoms with van der Waals surface area (Å²) in [5.74, 6) is 0. The van der Waals surface area contributed by atoms with E-state index < -0.39 is 15.2 Å². The van der Waals surface area contributed by atoms with E-state index in [9.17, 15) is 9.13 Å². The molecule has 0 atom stereocenters. The zero-order chi connectivity index (χ0) is 15.1. The van der Waals surface area contributed by atoms with E-state index in [1.54, 1.807) is 27.7 Å². The van der Waals surface area contributed by atoms with E-state index in [0.717, 1.165) is 0 Å². The van der Waals surface area contributed by atoms with Gasteiger partial charge >= 0.3 is 15.2 Å². The summed E-state index contributed by atoms with van der Waals surface area (Å²) in [6.45, 7) is 7.44. The van der Waals surface area contributed by atoms with Gasteiger partial charge in [-0.2, -0.15) is 0 Å². The Labute approximate surface area is 115 Å². The Bertz CT molecular complexity index is 382. The molecule has 0 aliphatic heterocycles. The normalized spacial score (nSPS) is 12.5. The van der Waals surface area contributed by atoms with Crippen molar-refractivity contribution < 1.29 is 27.2 Å². The lowest BCUT2D eigenvalue weighted by Gasteiger charge is -2.23. The summed E-state index contributed by atoms with van der Waals surface area (Å²) in [7, 11) is -4.20. The van der Waals surface area contributed by atoms with Crippen LogP contribution in [-0.4, -0.2) is 33.6 Å². The van der Waals surface area contributed by atoms with Gasteiger partial charge in [-0.05, 0) is 27.7 Å². The second-order valence-electron chi connectivity index (χ2n) is 3.91. The van der Waals surface area contributed by atoms with Crippen LogP contribution in [-0.2, 0) is 27.2 Å². The van der Waals surface area contributed by atoms with E-state index in [0.29, 0.717) is 10.9 Å². The third-order valence-corrected chi connectivity index (χ3v) is 6.87. The Balaban J connectivity index is 5.43. The topological polar surface area (TPSA) is 71.1 Å². The van der Waals surface area contributed by atoms with Gasteiger partial charge in [0, 0.05) is 14.2 Å². The monoisotopic (exact) mass is 314 g/mol. The first-order valence-corrected chi connectivity index (χ1v) is 9.32. The Kier molecular flexibility index (Phi) is 8.37. The van der Waals surface area contributed by atoms with Crippen LogP contribution in [0.2, 0.25) is 0 Å². The molecule has 0 unspecified atom stereocenters. The Morgan fingerprint density at radius 3 is 1.63 bits per heavy atom. The third-order valence-electron chi connectivity index (χ3n) is 2.38. The summed E-state index contributed by atoms with van der Waals surface area (Å²) in [5.41, 5.74) is 0.715. The lowest BCUT2D eigenvalue weighted by Crippen LogP contribution is -2.06. The number of hydrogen-bond acceptors (Lipinski definition) is 6. The highest BCUT2D eigenvalue weighted by Gasteiger charge is 2.36. The molecular weight excluding hydrogens is 290 g/mol. The number of allylic oxidation sites excluding steroid dienone is 2. The van der Waals surface area contributed by atoms with Gasteiger partial charge < -0.3 is 18.1 Å². The van der Waals surface area contributed by atoms with Crippen molar-refractivity contribution in [1.82, 2.24) is 0 Å². The van der Waals surface area contributed by atoms with Crippen molar-refractivity contribution in [3.63, 3.8) is 0 Å². The summed E-state index contributed by atoms with van der Waals surface area (Å²) in [5, 5.41) is 0.336. The van der Waals surface area contributed by atoms with Crippen LogP contribution in [0.25, 0.3) is 0 Å². The molecule has 0 fully saturated rings. The Morgan fingerprint density at radius 2 is 1.37 bits per heavy atom. The van der Waals surface area contributed by atoms with Crippen molar-refractivity contribution in [2.75, 3.05) is 33.6 Å². The molecular formula is C11H24O6P2. The standard InChI is InChI=1S/C11H24O6P2/c1-7-16-18(12,17-8-2)9-11(10(3)4)19(13,14-5)15-6/h7-9H2,1-6H3. The number of hydrogen-bond donors (Lipinski definition) is 0. The first-order valence-electron chi connectivity index (χ1n) is 6.05. The quantitative estimate of drug-likeness (QED) is 0.598.